The number of rotatable bonds is 7. The third kappa shape index (κ3) is 5.48. The number of halogens is 3. The van der Waals surface area contributed by atoms with E-state index in [2.05, 4.69) is 22.4 Å². The third-order valence-corrected chi connectivity index (χ3v) is 3.89. The van der Waals surface area contributed by atoms with Gasteiger partial charge in [-0.3, -0.25) is 10.1 Å². The summed E-state index contributed by atoms with van der Waals surface area (Å²) in [6.45, 7) is 1.65. The first kappa shape index (κ1) is 18.2. The van der Waals surface area contributed by atoms with Gasteiger partial charge in [-0.25, -0.2) is 0 Å². The van der Waals surface area contributed by atoms with E-state index in [1.807, 2.05) is 0 Å². The summed E-state index contributed by atoms with van der Waals surface area (Å²) in [5, 5.41) is 11.5. The van der Waals surface area contributed by atoms with Crippen molar-refractivity contribution in [2.75, 3.05) is 11.9 Å². The Kier molecular flexibility index (Phi) is 6.13. The Morgan fingerprint density at radius 1 is 1.33 bits per heavy atom. The second kappa shape index (κ2) is 8.09. The van der Waals surface area contributed by atoms with Crippen LogP contribution in [0.15, 0.2) is 24.3 Å². The fraction of sp³-hybridized carbons (Fsp3) is 0.400. The largest absolute Gasteiger partial charge is 0.484 e. The van der Waals surface area contributed by atoms with Gasteiger partial charge in [-0.1, -0.05) is 30.7 Å². The van der Waals surface area contributed by atoms with Crippen molar-refractivity contribution in [1.82, 2.24) is 10.2 Å². The van der Waals surface area contributed by atoms with E-state index < -0.39 is 24.3 Å². The van der Waals surface area contributed by atoms with E-state index in [0.29, 0.717) is 5.13 Å². The second-order valence-electron chi connectivity index (χ2n) is 4.97. The minimum Gasteiger partial charge on any atom is -0.484 e. The molecule has 0 radical (unpaired) electrons. The Bertz CT molecular complexity index is 689. The van der Waals surface area contributed by atoms with Crippen molar-refractivity contribution in [2.45, 2.75) is 32.4 Å². The minimum atomic E-state index is -4.46. The molecular weight excluding hydrogens is 343 g/mol. The van der Waals surface area contributed by atoms with Crippen molar-refractivity contribution in [3.63, 3.8) is 0 Å². The molecule has 1 amide bonds. The Hall–Kier alpha value is -2.16. The zero-order valence-electron chi connectivity index (χ0n) is 12.9. The summed E-state index contributed by atoms with van der Waals surface area (Å²) in [4.78, 5) is 11.8. The van der Waals surface area contributed by atoms with Crippen LogP contribution in [-0.4, -0.2) is 22.7 Å². The number of alkyl halides is 3. The van der Waals surface area contributed by atoms with Crippen LogP contribution in [0.4, 0.5) is 18.3 Å². The van der Waals surface area contributed by atoms with Crippen LogP contribution < -0.4 is 10.1 Å². The molecule has 5 nitrogen and oxygen atoms in total. The van der Waals surface area contributed by atoms with E-state index in [0.717, 1.165) is 36.4 Å². The lowest BCUT2D eigenvalue weighted by atomic mass is 10.2. The predicted octanol–water partition coefficient (Wildman–Crippen LogP) is 3.92. The fourth-order valence-corrected chi connectivity index (χ4v) is 2.60. The normalized spacial score (nSPS) is 11.3. The molecule has 0 atom stereocenters. The molecule has 1 N–H and O–H groups in total. The Morgan fingerprint density at radius 2 is 2.12 bits per heavy atom. The van der Waals surface area contributed by atoms with Crippen molar-refractivity contribution in [3.05, 3.63) is 34.8 Å². The van der Waals surface area contributed by atoms with Crippen molar-refractivity contribution >= 4 is 22.4 Å². The van der Waals surface area contributed by atoms with E-state index in [-0.39, 0.29) is 5.75 Å². The van der Waals surface area contributed by atoms with Crippen LogP contribution in [-0.2, 0) is 17.4 Å². The van der Waals surface area contributed by atoms with E-state index in [1.54, 1.807) is 0 Å². The first-order valence-corrected chi connectivity index (χ1v) is 8.12. The lowest BCUT2D eigenvalue weighted by molar-refractivity contribution is -0.137. The van der Waals surface area contributed by atoms with E-state index in [9.17, 15) is 18.0 Å². The lowest BCUT2D eigenvalue weighted by Gasteiger charge is -2.09. The highest BCUT2D eigenvalue weighted by atomic mass is 32.1. The molecule has 0 spiro atoms. The maximum Gasteiger partial charge on any atom is 0.416 e. The number of anilines is 1. The van der Waals surface area contributed by atoms with Gasteiger partial charge in [0, 0.05) is 6.42 Å². The van der Waals surface area contributed by atoms with E-state index >= 15 is 0 Å². The SMILES string of the molecule is CCCCc1nnc(NC(=O)COc2cccc(C(F)(F)F)c2)s1. The summed E-state index contributed by atoms with van der Waals surface area (Å²) in [7, 11) is 0. The van der Waals surface area contributed by atoms with Crippen LogP contribution in [0.3, 0.4) is 0 Å². The number of nitrogens with zero attached hydrogens (tertiary/aromatic N) is 2. The first-order valence-electron chi connectivity index (χ1n) is 7.30. The monoisotopic (exact) mass is 359 g/mol. The number of unbranched alkanes of at least 4 members (excludes halogenated alkanes) is 1. The number of aromatic nitrogens is 2. The quantitative estimate of drug-likeness (QED) is 0.814. The summed E-state index contributed by atoms with van der Waals surface area (Å²) in [5.41, 5.74) is -0.829. The molecule has 130 valence electrons. The van der Waals surface area contributed by atoms with Crippen molar-refractivity contribution in [2.24, 2.45) is 0 Å². The predicted molar refractivity (Wildman–Crippen MR) is 84.1 cm³/mol. The minimum absolute atomic E-state index is 0.0270. The maximum absolute atomic E-state index is 12.6. The zero-order valence-corrected chi connectivity index (χ0v) is 13.7. The number of hydrogen-bond donors (Lipinski definition) is 1. The van der Waals surface area contributed by atoms with Gasteiger partial charge in [-0.15, -0.1) is 10.2 Å². The molecule has 9 heteroatoms. The molecule has 0 aliphatic carbocycles. The van der Waals surface area contributed by atoms with Crippen LogP contribution in [0, 0.1) is 0 Å². The fourth-order valence-electron chi connectivity index (χ4n) is 1.80. The van der Waals surface area contributed by atoms with Gasteiger partial charge in [-0.2, -0.15) is 13.2 Å². The molecule has 24 heavy (non-hydrogen) atoms. The number of amides is 1. The summed E-state index contributed by atoms with van der Waals surface area (Å²) in [6.07, 6.45) is -1.64. The average Bonchev–Trinajstić information content (AvgIpc) is 2.98. The van der Waals surface area contributed by atoms with Gasteiger partial charge in [0.2, 0.25) is 5.13 Å². The molecule has 1 aromatic heterocycles. The standard InChI is InChI=1S/C15H16F3N3O2S/c1-2-3-7-13-20-21-14(24-13)19-12(22)9-23-11-6-4-5-10(8-11)15(16,17)18/h4-6,8H,2-3,7,9H2,1H3,(H,19,21,22). The molecule has 2 rings (SSSR count). The average molecular weight is 359 g/mol. The van der Waals surface area contributed by atoms with Crippen LogP contribution in [0.1, 0.15) is 30.3 Å². The van der Waals surface area contributed by atoms with Gasteiger partial charge in [0.15, 0.2) is 6.61 Å². The van der Waals surface area contributed by atoms with Crippen LogP contribution >= 0.6 is 11.3 Å². The highest BCUT2D eigenvalue weighted by Crippen LogP contribution is 2.31. The number of carbonyl (C=O) groups excluding carboxylic acids is 1. The zero-order chi connectivity index (χ0) is 17.6. The van der Waals surface area contributed by atoms with Gasteiger partial charge >= 0.3 is 6.18 Å². The Morgan fingerprint density at radius 3 is 2.83 bits per heavy atom. The summed E-state index contributed by atoms with van der Waals surface area (Å²) < 4.78 is 42.9. The topological polar surface area (TPSA) is 64.1 Å². The second-order valence-corrected chi connectivity index (χ2v) is 6.03. The van der Waals surface area contributed by atoms with Gasteiger partial charge in [0.1, 0.15) is 10.8 Å². The van der Waals surface area contributed by atoms with Crippen LogP contribution in [0.25, 0.3) is 0 Å². The van der Waals surface area contributed by atoms with Crippen LogP contribution in [0.5, 0.6) is 5.75 Å². The lowest BCUT2D eigenvalue weighted by Crippen LogP contribution is -2.20. The molecule has 0 fully saturated rings. The molecule has 0 unspecified atom stereocenters. The molecule has 0 aliphatic heterocycles. The van der Waals surface area contributed by atoms with Gasteiger partial charge in [0.25, 0.3) is 5.91 Å². The molecule has 0 saturated heterocycles. The van der Waals surface area contributed by atoms with Gasteiger partial charge in [-0.05, 0) is 24.6 Å². The molecule has 0 saturated carbocycles. The highest BCUT2D eigenvalue weighted by molar-refractivity contribution is 7.15. The summed E-state index contributed by atoms with van der Waals surface area (Å²) in [5.74, 6) is -0.536. The Labute approximate surface area is 140 Å². The smallest absolute Gasteiger partial charge is 0.416 e. The molecule has 2 aromatic rings. The molecule has 0 aliphatic rings. The van der Waals surface area contributed by atoms with Gasteiger partial charge in [0.05, 0.1) is 5.56 Å². The maximum atomic E-state index is 12.6. The highest BCUT2D eigenvalue weighted by Gasteiger charge is 2.30. The number of benzene rings is 1. The molecule has 1 aromatic carbocycles. The van der Waals surface area contributed by atoms with E-state index in [1.165, 1.54) is 23.5 Å². The van der Waals surface area contributed by atoms with Crippen molar-refractivity contribution in [1.29, 1.82) is 0 Å². The summed E-state index contributed by atoms with van der Waals surface area (Å²) >= 11 is 1.27. The summed E-state index contributed by atoms with van der Waals surface area (Å²) in [6, 6.07) is 4.37. The van der Waals surface area contributed by atoms with Crippen LogP contribution in [0.2, 0.25) is 0 Å². The number of ether oxygens (including phenoxy) is 1. The van der Waals surface area contributed by atoms with Gasteiger partial charge < -0.3 is 4.74 Å². The first-order chi connectivity index (χ1) is 11.4. The van der Waals surface area contributed by atoms with E-state index in [4.69, 9.17) is 4.74 Å². The molecule has 1 heterocycles. The number of carbonyl (C=O) groups is 1. The number of aryl methyl sites for hydroxylation is 1. The third-order valence-electron chi connectivity index (χ3n) is 2.99. The molecular formula is C15H16F3N3O2S. The molecule has 0 bridgehead atoms. The van der Waals surface area contributed by atoms with Crippen molar-refractivity contribution < 1.29 is 22.7 Å². The Balaban J connectivity index is 1.86. The number of hydrogen-bond acceptors (Lipinski definition) is 5. The van der Waals surface area contributed by atoms with Crippen molar-refractivity contribution in [3.8, 4) is 5.75 Å². The number of nitrogens with one attached hydrogen (secondary N) is 1.